The van der Waals surface area contributed by atoms with E-state index in [2.05, 4.69) is 4.98 Å². The number of anilines is 2. The average molecular weight is 479 g/mol. The Morgan fingerprint density at radius 2 is 1.71 bits per heavy atom. The van der Waals surface area contributed by atoms with Crippen molar-refractivity contribution < 1.29 is 18.8 Å². The zero-order chi connectivity index (χ0) is 25.1. The minimum absolute atomic E-state index is 0.132. The van der Waals surface area contributed by atoms with Gasteiger partial charge in [0.05, 0.1) is 23.9 Å². The lowest BCUT2D eigenvalue weighted by Crippen LogP contribution is -2.42. The number of H-pyrrole nitrogens is 1. The number of carbonyl (C=O) groups excluding carboxylic acids is 3. The highest BCUT2D eigenvalue weighted by Crippen LogP contribution is 2.24. The van der Waals surface area contributed by atoms with Crippen molar-refractivity contribution in [2.24, 2.45) is 0 Å². The maximum Gasteiger partial charge on any atom is 0.330 e. The van der Waals surface area contributed by atoms with Gasteiger partial charge in [0.2, 0.25) is 5.91 Å². The van der Waals surface area contributed by atoms with Crippen LogP contribution in [0.3, 0.4) is 0 Å². The third-order valence-electron chi connectivity index (χ3n) is 5.84. The number of aromatic nitrogens is 2. The fraction of sp³-hybridized carbons (Fsp3) is 0.292. The van der Waals surface area contributed by atoms with E-state index in [-0.39, 0.29) is 48.7 Å². The van der Waals surface area contributed by atoms with Crippen molar-refractivity contribution in [2.45, 2.75) is 39.3 Å². The molecule has 2 aromatic heterocycles. The second-order valence-electron chi connectivity index (χ2n) is 8.12. The number of unbranched alkanes of at least 4 members (excludes halogenated alkanes) is 1. The summed E-state index contributed by atoms with van der Waals surface area (Å²) in [7, 11) is 0. The molecule has 0 atom stereocenters. The first kappa shape index (κ1) is 23.7. The summed E-state index contributed by atoms with van der Waals surface area (Å²) >= 11 is 0. The molecule has 1 aliphatic rings. The molecule has 3 heterocycles. The maximum absolute atomic E-state index is 13.4. The standard InChI is InChI=1S/C24H25N5O6/c1-2-3-11-27-20(25)19(21(31)26-24(27)34)29(14-15-7-6-13-35-15)18(30)10-12-28-22(32)16-8-4-5-9-17(16)23(28)33/h4-9,13H,2-3,10-12,14,25H2,1H3,(H,26,31,34). The van der Waals surface area contributed by atoms with E-state index in [9.17, 15) is 24.0 Å². The number of nitrogens with one attached hydrogen (secondary N) is 1. The van der Waals surface area contributed by atoms with Crippen LogP contribution in [0.5, 0.6) is 0 Å². The molecule has 1 aliphatic heterocycles. The summed E-state index contributed by atoms with van der Waals surface area (Å²) in [6.07, 6.45) is 2.59. The van der Waals surface area contributed by atoms with Gasteiger partial charge in [0.15, 0.2) is 5.69 Å². The second-order valence-corrected chi connectivity index (χ2v) is 8.12. The maximum atomic E-state index is 13.4. The summed E-state index contributed by atoms with van der Waals surface area (Å²) in [4.78, 5) is 68.1. The lowest BCUT2D eigenvalue weighted by atomic mass is 10.1. The van der Waals surface area contributed by atoms with E-state index in [0.29, 0.717) is 12.2 Å². The van der Waals surface area contributed by atoms with Gasteiger partial charge in [-0.3, -0.25) is 38.5 Å². The van der Waals surface area contributed by atoms with Gasteiger partial charge in [0.1, 0.15) is 11.6 Å². The minimum Gasteiger partial charge on any atom is -0.467 e. The molecule has 0 unspecified atom stereocenters. The highest BCUT2D eigenvalue weighted by Gasteiger charge is 2.36. The summed E-state index contributed by atoms with van der Waals surface area (Å²) in [5, 5.41) is 0. The van der Waals surface area contributed by atoms with Crippen LogP contribution < -0.4 is 21.9 Å². The van der Waals surface area contributed by atoms with E-state index in [4.69, 9.17) is 10.2 Å². The summed E-state index contributed by atoms with van der Waals surface area (Å²) in [6.45, 7) is 1.89. The summed E-state index contributed by atoms with van der Waals surface area (Å²) < 4.78 is 6.57. The molecule has 0 spiro atoms. The molecular formula is C24H25N5O6. The first-order valence-electron chi connectivity index (χ1n) is 11.2. The predicted octanol–water partition coefficient (Wildman–Crippen LogP) is 1.73. The van der Waals surface area contributed by atoms with Crippen LogP contribution in [0.25, 0.3) is 0 Å². The van der Waals surface area contributed by atoms with Crippen molar-refractivity contribution in [2.75, 3.05) is 17.2 Å². The van der Waals surface area contributed by atoms with Gasteiger partial charge in [-0.2, -0.15) is 0 Å². The number of furan rings is 1. The zero-order valence-electron chi connectivity index (χ0n) is 19.2. The van der Waals surface area contributed by atoms with Crippen molar-refractivity contribution >= 4 is 29.2 Å². The van der Waals surface area contributed by atoms with Crippen molar-refractivity contribution in [3.8, 4) is 0 Å². The average Bonchev–Trinajstić information content (AvgIpc) is 3.43. The Bertz CT molecular complexity index is 1350. The van der Waals surface area contributed by atoms with Crippen molar-refractivity contribution in [3.63, 3.8) is 0 Å². The van der Waals surface area contributed by atoms with Gasteiger partial charge in [-0.1, -0.05) is 25.5 Å². The molecule has 0 saturated heterocycles. The molecule has 3 N–H and O–H groups in total. The van der Waals surface area contributed by atoms with Crippen LogP contribution in [0.1, 0.15) is 52.7 Å². The number of aromatic amines is 1. The van der Waals surface area contributed by atoms with Gasteiger partial charge in [-0.05, 0) is 30.7 Å². The van der Waals surface area contributed by atoms with Crippen LogP contribution in [0.4, 0.5) is 11.5 Å². The van der Waals surface area contributed by atoms with Gasteiger partial charge in [-0.25, -0.2) is 4.79 Å². The van der Waals surface area contributed by atoms with Gasteiger partial charge in [0.25, 0.3) is 17.4 Å². The lowest BCUT2D eigenvalue weighted by molar-refractivity contribution is -0.118. The Hall–Kier alpha value is -4.41. The molecule has 3 aromatic rings. The largest absolute Gasteiger partial charge is 0.467 e. The number of benzene rings is 1. The molecule has 0 fully saturated rings. The van der Waals surface area contributed by atoms with Gasteiger partial charge < -0.3 is 10.2 Å². The number of nitrogens with two attached hydrogens (primary N) is 1. The first-order valence-corrected chi connectivity index (χ1v) is 11.2. The Labute approximate surface area is 199 Å². The molecule has 3 amide bonds. The summed E-state index contributed by atoms with van der Waals surface area (Å²) in [5.74, 6) is -1.31. The van der Waals surface area contributed by atoms with Crippen LogP contribution in [-0.4, -0.2) is 38.7 Å². The Morgan fingerprint density at radius 3 is 2.31 bits per heavy atom. The van der Waals surface area contributed by atoms with Crippen LogP contribution in [0.15, 0.2) is 56.7 Å². The van der Waals surface area contributed by atoms with Gasteiger partial charge >= 0.3 is 5.69 Å². The number of nitrogen functional groups attached to an aromatic ring is 1. The highest BCUT2D eigenvalue weighted by atomic mass is 16.3. The summed E-state index contributed by atoms with van der Waals surface area (Å²) in [6, 6.07) is 9.69. The Balaban J connectivity index is 1.64. The van der Waals surface area contributed by atoms with E-state index in [1.165, 1.54) is 10.8 Å². The van der Waals surface area contributed by atoms with E-state index in [1.54, 1.807) is 36.4 Å². The number of rotatable bonds is 9. The number of fused-ring (bicyclic) bond motifs is 1. The number of nitrogens with zero attached hydrogens (tertiary/aromatic N) is 3. The molecule has 11 heteroatoms. The molecule has 0 saturated carbocycles. The van der Waals surface area contributed by atoms with Crippen LogP contribution in [-0.2, 0) is 17.9 Å². The molecule has 11 nitrogen and oxygen atoms in total. The second kappa shape index (κ2) is 9.84. The number of carbonyl (C=O) groups is 3. The first-order chi connectivity index (χ1) is 16.8. The molecule has 4 rings (SSSR count). The monoisotopic (exact) mass is 479 g/mol. The topological polar surface area (TPSA) is 152 Å². The fourth-order valence-electron chi connectivity index (χ4n) is 4.01. The van der Waals surface area contributed by atoms with Crippen molar-refractivity contribution in [1.29, 1.82) is 0 Å². The SMILES string of the molecule is CCCCn1c(N)c(N(Cc2ccco2)C(=O)CCN2C(=O)c3ccccc3C2=O)c(=O)[nH]c1=O. The van der Waals surface area contributed by atoms with E-state index in [1.807, 2.05) is 6.92 Å². The van der Waals surface area contributed by atoms with Crippen LogP contribution >= 0.6 is 0 Å². The normalized spacial score (nSPS) is 12.8. The van der Waals surface area contributed by atoms with Crippen LogP contribution in [0, 0.1) is 0 Å². The molecule has 0 radical (unpaired) electrons. The number of hydrogen-bond acceptors (Lipinski definition) is 7. The molecule has 0 bridgehead atoms. The van der Waals surface area contributed by atoms with Crippen LogP contribution in [0.2, 0.25) is 0 Å². The fourth-order valence-corrected chi connectivity index (χ4v) is 4.01. The zero-order valence-corrected chi connectivity index (χ0v) is 19.2. The minimum atomic E-state index is -0.819. The van der Waals surface area contributed by atoms with E-state index >= 15 is 0 Å². The molecule has 1 aromatic carbocycles. The lowest BCUT2D eigenvalue weighted by Gasteiger charge is -2.24. The third-order valence-corrected chi connectivity index (χ3v) is 5.84. The molecule has 0 aliphatic carbocycles. The van der Waals surface area contributed by atoms with E-state index in [0.717, 1.165) is 16.2 Å². The van der Waals surface area contributed by atoms with Crippen molar-refractivity contribution in [1.82, 2.24) is 14.5 Å². The Morgan fingerprint density at radius 1 is 1.03 bits per heavy atom. The van der Waals surface area contributed by atoms with Crippen molar-refractivity contribution in [3.05, 3.63) is 80.4 Å². The number of amides is 3. The highest BCUT2D eigenvalue weighted by molar-refractivity contribution is 6.21. The number of imide groups is 1. The molecule has 35 heavy (non-hydrogen) atoms. The van der Waals surface area contributed by atoms with E-state index < -0.39 is 29.0 Å². The smallest absolute Gasteiger partial charge is 0.330 e. The molecule has 182 valence electrons. The predicted molar refractivity (Wildman–Crippen MR) is 127 cm³/mol. The molecular weight excluding hydrogens is 454 g/mol. The quantitative estimate of drug-likeness (QED) is 0.443. The third kappa shape index (κ3) is 4.52. The summed E-state index contributed by atoms with van der Waals surface area (Å²) in [5.41, 5.74) is 5.10. The number of hydrogen-bond donors (Lipinski definition) is 2. The van der Waals surface area contributed by atoms with Gasteiger partial charge in [-0.15, -0.1) is 0 Å². The van der Waals surface area contributed by atoms with Gasteiger partial charge in [0, 0.05) is 19.5 Å². The Kier molecular flexibility index (Phi) is 6.67.